The molecule has 5 nitrogen and oxygen atoms in total. The first-order chi connectivity index (χ1) is 12.8. The molecular weight excluding hydrogens is 324 g/mol. The van der Waals surface area contributed by atoms with Gasteiger partial charge < -0.3 is 10.1 Å². The van der Waals surface area contributed by atoms with Crippen LogP contribution >= 0.6 is 0 Å². The largest absolute Gasteiger partial charge is 0.476 e. The Balaban J connectivity index is 1.67. The lowest BCUT2D eigenvalue weighted by atomic mass is 9.89. The van der Waals surface area contributed by atoms with Gasteiger partial charge in [0.15, 0.2) is 5.52 Å². The summed E-state index contributed by atoms with van der Waals surface area (Å²) in [6.45, 7) is 4.92. The maximum Gasteiger partial charge on any atom is 0.242 e. The minimum absolute atomic E-state index is 0.565. The lowest BCUT2D eigenvalue weighted by molar-refractivity contribution is 0.309. The smallest absolute Gasteiger partial charge is 0.242 e. The van der Waals surface area contributed by atoms with Gasteiger partial charge in [0.1, 0.15) is 0 Å². The first-order valence-electron chi connectivity index (χ1n) is 9.41. The van der Waals surface area contributed by atoms with Gasteiger partial charge in [0.2, 0.25) is 5.88 Å². The number of aromatic nitrogens is 3. The number of hydrogen-bond donors (Lipinski definition) is 1. The Morgan fingerprint density at radius 1 is 1.08 bits per heavy atom. The number of fused-ring (bicyclic) bond motifs is 1. The van der Waals surface area contributed by atoms with E-state index in [0.717, 1.165) is 41.8 Å². The maximum absolute atomic E-state index is 5.83. The third-order valence-corrected chi connectivity index (χ3v) is 4.88. The fraction of sp³-hybridized carbons (Fsp3) is 0.381. The molecule has 5 heteroatoms. The first kappa shape index (κ1) is 16.9. The number of rotatable bonds is 5. The van der Waals surface area contributed by atoms with Gasteiger partial charge in [-0.3, -0.25) is 4.98 Å². The Morgan fingerprint density at radius 3 is 2.62 bits per heavy atom. The lowest BCUT2D eigenvalue weighted by Gasteiger charge is -2.23. The summed E-state index contributed by atoms with van der Waals surface area (Å²) in [5.41, 5.74) is 4.90. The van der Waals surface area contributed by atoms with Crippen LogP contribution in [0.5, 0.6) is 5.88 Å². The lowest BCUT2D eigenvalue weighted by Crippen LogP contribution is -2.26. The van der Waals surface area contributed by atoms with Crippen molar-refractivity contribution in [3.8, 4) is 17.1 Å². The highest BCUT2D eigenvalue weighted by atomic mass is 16.5. The van der Waals surface area contributed by atoms with Gasteiger partial charge in [-0.15, -0.1) is 0 Å². The molecule has 1 aromatic carbocycles. The SMILES string of the molecule is CCCOc1nc(-c2ccc(C3CCNCC3)cc2)cc2nccnc12. The van der Waals surface area contributed by atoms with E-state index in [4.69, 9.17) is 9.72 Å². The molecule has 0 saturated carbocycles. The number of piperidine rings is 1. The number of nitrogens with zero attached hydrogens (tertiary/aromatic N) is 3. The van der Waals surface area contributed by atoms with E-state index in [9.17, 15) is 0 Å². The molecule has 0 atom stereocenters. The minimum Gasteiger partial charge on any atom is -0.476 e. The highest BCUT2D eigenvalue weighted by molar-refractivity contribution is 5.83. The third kappa shape index (κ3) is 3.53. The summed E-state index contributed by atoms with van der Waals surface area (Å²) in [7, 11) is 0. The van der Waals surface area contributed by atoms with Crippen molar-refractivity contribution in [3.63, 3.8) is 0 Å². The van der Waals surface area contributed by atoms with Gasteiger partial charge in [0, 0.05) is 18.0 Å². The summed E-state index contributed by atoms with van der Waals surface area (Å²) < 4.78 is 5.83. The van der Waals surface area contributed by atoms with Crippen molar-refractivity contribution < 1.29 is 4.74 Å². The van der Waals surface area contributed by atoms with E-state index in [1.54, 1.807) is 12.4 Å². The quantitative estimate of drug-likeness (QED) is 0.756. The van der Waals surface area contributed by atoms with E-state index in [0.29, 0.717) is 18.4 Å². The van der Waals surface area contributed by atoms with Crippen molar-refractivity contribution in [2.24, 2.45) is 0 Å². The van der Waals surface area contributed by atoms with Gasteiger partial charge in [-0.1, -0.05) is 31.2 Å². The number of benzene rings is 1. The van der Waals surface area contributed by atoms with Crippen LogP contribution in [0.4, 0.5) is 0 Å². The Kier molecular flexibility index (Phi) is 5.07. The second kappa shape index (κ2) is 7.79. The number of nitrogens with one attached hydrogen (secondary N) is 1. The van der Waals surface area contributed by atoms with E-state index < -0.39 is 0 Å². The van der Waals surface area contributed by atoms with Gasteiger partial charge in [0.25, 0.3) is 0 Å². The first-order valence-corrected chi connectivity index (χ1v) is 9.41. The van der Waals surface area contributed by atoms with Crippen molar-refractivity contribution in [1.82, 2.24) is 20.3 Å². The predicted octanol–water partition coefficient (Wildman–Crippen LogP) is 3.95. The minimum atomic E-state index is 0.565. The zero-order chi connectivity index (χ0) is 17.8. The molecule has 3 aromatic rings. The fourth-order valence-electron chi connectivity index (χ4n) is 3.47. The summed E-state index contributed by atoms with van der Waals surface area (Å²) in [6, 6.07) is 10.8. The zero-order valence-corrected chi connectivity index (χ0v) is 15.1. The summed E-state index contributed by atoms with van der Waals surface area (Å²) in [5.74, 6) is 1.22. The molecule has 1 fully saturated rings. The molecule has 0 spiro atoms. The molecule has 1 aliphatic rings. The molecule has 0 unspecified atom stereocenters. The second-order valence-corrected chi connectivity index (χ2v) is 6.73. The zero-order valence-electron chi connectivity index (χ0n) is 15.1. The van der Waals surface area contributed by atoms with Gasteiger partial charge in [-0.2, -0.15) is 0 Å². The standard InChI is InChI=1S/C21H24N4O/c1-2-13-26-21-20-19(23-11-12-24-20)14-18(25-21)17-5-3-15(4-6-17)16-7-9-22-10-8-16/h3-6,11-12,14,16,22H,2,7-10,13H2,1H3. The van der Waals surface area contributed by atoms with Crippen LogP contribution in [0.25, 0.3) is 22.3 Å². The summed E-state index contributed by atoms with van der Waals surface area (Å²) in [4.78, 5) is 13.5. The molecule has 0 amide bonds. The van der Waals surface area contributed by atoms with Crippen molar-refractivity contribution in [1.29, 1.82) is 0 Å². The molecule has 0 aliphatic carbocycles. The molecule has 3 heterocycles. The van der Waals surface area contributed by atoms with Gasteiger partial charge in [0.05, 0.1) is 17.8 Å². The van der Waals surface area contributed by atoms with Crippen LogP contribution in [0.15, 0.2) is 42.7 Å². The van der Waals surface area contributed by atoms with Gasteiger partial charge in [-0.25, -0.2) is 9.97 Å². The molecular formula is C21H24N4O. The topological polar surface area (TPSA) is 59.9 Å². The summed E-state index contributed by atoms with van der Waals surface area (Å²) in [6.07, 6.45) is 6.72. The molecule has 0 radical (unpaired) electrons. The Morgan fingerprint density at radius 2 is 1.85 bits per heavy atom. The Bertz CT molecular complexity index is 873. The second-order valence-electron chi connectivity index (χ2n) is 6.73. The molecule has 4 rings (SSSR count). The monoisotopic (exact) mass is 348 g/mol. The number of hydrogen-bond acceptors (Lipinski definition) is 5. The number of ether oxygens (including phenoxy) is 1. The average molecular weight is 348 g/mol. The highest BCUT2D eigenvalue weighted by Gasteiger charge is 2.16. The number of pyridine rings is 1. The normalized spacial score (nSPS) is 15.3. The molecule has 2 aromatic heterocycles. The van der Waals surface area contributed by atoms with Crippen molar-refractivity contribution >= 4 is 11.0 Å². The maximum atomic E-state index is 5.83. The molecule has 134 valence electrons. The van der Waals surface area contributed by atoms with Crippen molar-refractivity contribution in [3.05, 3.63) is 48.3 Å². The van der Waals surface area contributed by atoms with E-state index in [2.05, 4.69) is 46.5 Å². The Labute approximate surface area is 153 Å². The summed E-state index contributed by atoms with van der Waals surface area (Å²) in [5, 5.41) is 3.42. The molecule has 26 heavy (non-hydrogen) atoms. The third-order valence-electron chi connectivity index (χ3n) is 4.88. The van der Waals surface area contributed by atoms with E-state index >= 15 is 0 Å². The van der Waals surface area contributed by atoms with Crippen molar-refractivity contribution in [2.75, 3.05) is 19.7 Å². The van der Waals surface area contributed by atoms with Crippen molar-refractivity contribution in [2.45, 2.75) is 32.1 Å². The van der Waals surface area contributed by atoms with Crippen LogP contribution in [0.1, 0.15) is 37.7 Å². The molecule has 1 N–H and O–H groups in total. The van der Waals surface area contributed by atoms with Crippen LogP contribution in [0.3, 0.4) is 0 Å². The van der Waals surface area contributed by atoms with Gasteiger partial charge in [-0.05, 0) is 49.9 Å². The molecule has 0 bridgehead atoms. The van der Waals surface area contributed by atoms with Crippen LogP contribution in [-0.2, 0) is 0 Å². The predicted molar refractivity (Wildman–Crippen MR) is 103 cm³/mol. The van der Waals surface area contributed by atoms with Crippen LogP contribution in [0.2, 0.25) is 0 Å². The highest BCUT2D eigenvalue weighted by Crippen LogP contribution is 2.30. The van der Waals surface area contributed by atoms with Crippen LogP contribution < -0.4 is 10.1 Å². The average Bonchev–Trinajstić information content (AvgIpc) is 2.72. The molecule has 1 aliphatic heterocycles. The van der Waals surface area contributed by atoms with Gasteiger partial charge >= 0.3 is 0 Å². The fourth-order valence-corrected chi connectivity index (χ4v) is 3.47. The van der Waals surface area contributed by atoms with Crippen LogP contribution in [-0.4, -0.2) is 34.6 Å². The van der Waals surface area contributed by atoms with E-state index in [-0.39, 0.29) is 0 Å². The summed E-state index contributed by atoms with van der Waals surface area (Å²) >= 11 is 0. The Hall–Kier alpha value is -2.53. The van der Waals surface area contributed by atoms with E-state index in [1.807, 2.05) is 6.07 Å². The molecule has 1 saturated heterocycles. The van der Waals surface area contributed by atoms with E-state index in [1.165, 1.54) is 18.4 Å². The van der Waals surface area contributed by atoms with Crippen LogP contribution in [0, 0.1) is 0 Å².